The molecule has 2 heterocycles. The topological polar surface area (TPSA) is 42.7 Å². The maximum Gasteiger partial charge on any atom is 0.191 e. The van der Waals surface area contributed by atoms with Crippen molar-refractivity contribution in [3.05, 3.63) is 5.82 Å². The van der Waals surface area contributed by atoms with Crippen LogP contribution in [0.1, 0.15) is 45.4 Å². The van der Waals surface area contributed by atoms with Gasteiger partial charge in [0.25, 0.3) is 0 Å². The summed E-state index contributed by atoms with van der Waals surface area (Å²) in [5.74, 6) is 3.06. The zero-order valence-corrected chi connectivity index (χ0v) is 13.0. The standard InChI is InChI=1S/C14H26N4S/c1-12(2)11-15-8-6-10-19-14-17-16-13-7-4-3-5-9-18(13)14/h12,15H,3-11H2,1-2H3. The zero-order valence-electron chi connectivity index (χ0n) is 12.2. The summed E-state index contributed by atoms with van der Waals surface area (Å²) in [4.78, 5) is 0. The van der Waals surface area contributed by atoms with Gasteiger partial charge in [-0.05, 0) is 38.3 Å². The molecule has 1 aliphatic heterocycles. The van der Waals surface area contributed by atoms with Gasteiger partial charge in [0.15, 0.2) is 5.16 Å². The van der Waals surface area contributed by atoms with E-state index in [0.29, 0.717) is 0 Å². The predicted octanol–water partition coefficient (Wildman–Crippen LogP) is 2.73. The summed E-state index contributed by atoms with van der Waals surface area (Å²) in [6.45, 7) is 7.81. The molecule has 0 fully saturated rings. The largest absolute Gasteiger partial charge is 0.316 e. The Hall–Kier alpha value is -0.550. The van der Waals surface area contributed by atoms with Crippen LogP contribution in [0.3, 0.4) is 0 Å². The summed E-state index contributed by atoms with van der Waals surface area (Å²) in [5, 5.41) is 13.3. The van der Waals surface area contributed by atoms with Crippen molar-refractivity contribution in [2.45, 2.75) is 57.7 Å². The van der Waals surface area contributed by atoms with Crippen LogP contribution in [0.4, 0.5) is 0 Å². The zero-order chi connectivity index (χ0) is 13.5. The molecule has 0 atom stereocenters. The quantitative estimate of drug-likeness (QED) is 0.617. The number of aryl methyl sites for hydroxylation is 1. The Balaban J connectivity index is 1.70. The Morgan fingerprint density at radius 1 is 1.26 bits per heavy atom. The molecule has 19 heavy (non-hydrogen) atoms. The first-order chi connectivity index (χ1) is 9.27. The minimum Gasteiger partial charge on any atom is -0.316 e. The molecule has 1 aromatic heterocycles. The van der Waals surface area contributed by atoms with E-state index in [1.54, 1.807) is 0 Å². The molecule has 0 saturated heterocycles. The minimum atomic E-state index is 0.736. The number of hydrogen-bond acceptors (Lipinski definition) is 4. The van der Waals surface area contributed by atoms with Crippen molar-refractivity contribution >= 4 is 11.8 Å². The van der Waals surface area contributed by atoms with Gasteiger partial charge in [-0.1, -0.05) is 32.0 Å². The van der Waals surface area contributed by atoms with E-state index in [1.165, 1.54) is 31.5 Å². The molecule has 0 aliphatic carbocycles. The Kier molecular flexibility index (Phi) is 6.17. The van der Waals surface area contributed by atoms with Gasteiger partial charge in [-0.25, -0.2) is 0 Å². The molecule has 0 spiro atoms. The monoisotopic (exact) mass is 282 g/mol. The molecule has 0 amide bonds. The first-order valence-electron chi connectivity index (χ1n) is 7.53. The number of thioether (sulfide) groups is 1. The summed E-state index contributed by atoms with van der Waals surface area (Å²) in [5.41, 5.74) is 0. The molecular formula is C14H26N4S. The molecular weight excluding hydrogens is 256 g/mol. The number of fused-ring (bicyclic) bond motifs is 1. The van der Waals surface area contributed by atoms with Gasteiger partial charge in [0.05, 0.1) is 0 Å². The lowest BCUT2D eigenvalue weighted by atomic mass is 10.2. The van der Waals surface area contributed by atoms with Crippen LogP contribution in [-0.4, -0.2) is 33.6 Å². The van der Waals surface area contributed by atoms with Crippen LogP contribution in [0.25, 0.3) is 0 Å². The summed E-state index contributed by atoms with van der Waals surface area (Å²) in [6, 6.07) is 0. The Labute approximate surface area is 120 Å². The molecule has 1 aromatic rings. The first-order valence-corrected chi connectivity index (χ1v) is 8.51. The van der Waals surface area contributed by atoms with Crippen molar-refractivity contribution in [2.75, 3.05) is 18.8 Å². The molecule has 108 valence electrons. The fourth-order valence-corrected chi connectivity index (χ4v) is 3.24. The van der Waals surface area contributed by atoms with Gasteiger partial charge < -0.3 is 9.88 Å². The van der Waals surface area contributed by atoms with Crippen molar-refractivity contribution in [1.82, 2.24) is 20.1 Å². The second-order valence-corrected chi connectivity index (χ2v) is 6.72. The summed E-state index contributed by atoms with van der Waals surface area (Å²) >= 11 is 1.86. The second-order valence-electron chi connectivity index (χ2n) is 5.66. The molecule has 0 bridgehead atoms. The summed E-state index contributed by atoms with van der Waals surface area (Å²) in [6.07, 6.45) is 6.16. The van der Waals surface area contributed by atoms with Crippen molar-refractivity contribution < 1.29 is 0 Å². The number of hydrogen-bond donors (Lipinski definition) is 1. The van der Waals surface area contributed by atoms with E-state index in [9.17, 15) is 0 Å². The minimum absolute atomic E-state index is 0.736. The van der Waals surface area contributed by atoms with Crippen LogP contribution < -0.4 is 5.32 Å². The van der Waals surface area contributed by atoms with E-state index in [0.717, 1.165) is 42.9 Å². The third-order valence-corrected chi connectivity index (χ3v) is 4.41. The van der Waals surface area contributed by atoms with E-state index >= 15 is 0 Å². The molecule has 0 saturated carbocycles. The fraction of sp³-hybridized carbons (Fsp3) is 0.857. The lowest BCUT2D eigenvalue weighted by molar-refractivity contribution is 0.551. The second kappa shape index (κ2) is 7.90. The van der Waals surface area contributed by atoms with Gasteiger partial charge in [0.2, 0.25) is 0 Å². The third-order valence-electron chi connectivity index (χ3n) is 3.36. The van der Waals surface area contributed by atoms with Gasteiger partial charge >= 0.3 is 0 Å². The van der Waals surface area contributed by atoms with Crippen LogP contribution in [0.5, 0.6) is 0 Å². The number of nitrogens with zero attached hydrogens (tertiary/aromatic N) is 3. The highest BCUT2D eigenvalue weighted by atomic mass is 32.2. The SMILES string of the molecule is CC(C)CNCCCSc1nnc2n1CCCCC2. The molecule has 1 aliphatic rings. The van der Waals surface area contributed by atoms with E-state index in [1.807, 2.05) is 11.8 Å². The normalized spacial score (nSPS) is 15.5. The highest BCUT2D eigenvalue weighted by Crippen LogP contribution is 2.21. The summed E-state index contributed by atoms with van der Waals surface area (Å²) in [7, 11) is 0. The Bertz CT molecular complexity index is 376. The third kappa shape index (κ3) is 4.80. The van der Waals surface area contributed by atoms with E-state index < -0.39 is 0 Å². The van der Waals surface area contributed by atoms with Crippen molar-refractivity contribution in [3.63, 3.8) is 0 Å². The first kappa shape index (κ1) is 14.9. The molecule has 4 nitrogen and oxygen atoms in total. The average molecular weight is 282 g/mol. The van der Waals surface area contributed by atoms with Gasteiger partial charge in [-0.3, -0.25) is 0 Å². The molecule has 1 N–H and O–H groups in total. The number of rotatable bonds is 7. The maximum absolute atomic E-state index is 4.34. The van der Waals surface area contributed by atoms with Crippen LogP contribution in [-0.2, 0) is 13.0 Å². The fourth-order valence-electron chi connectivity index (χ4n) is 2.32. The smallest absolute Gasteiger partial charge is 0.191 e. The lowest BCUT2D eigenvalue weighted by Crippen LogP contribution is -2.21. The van der Waals surface area contributed by atoms with Crippen LogP contribution in [0.15, 0.2) is 5.16 Å². The highest BCUT2D eigenvalue weighted by molar-refractivity contribution is 7.99. The number of aromatic nitrogens is 3. The van der Waals surface area contributed by atoms with Gasteiger partial charge in [-0.15, -0.1) is 10.2 Å². The molecule has 0 unspecified atom stereocenters. The van der Waals surface area contributed by atoms with Crippen molar-refractivity contribution in [2.24, 2.45) is 5.92 Å². The Morgan fingerprint density at radius 3 is 3.00 bits per heavy atom. The van der Waals surface area contributed by atoms with Gasteiger partial charge in [0.1, 0.15) is 5.82 Å². The van der Waals surface area contributed by atoms with Crippen LogP contribution in [0, 0.1) is 5.92 Å². The number of nitrogens with one attached hydrogen (secondary N) is 1. The molecule has 0 radical (unpaired) electrons. The molecule has 5 heteroatoms. The average Bonchev–Trinajstić information content (AvgIpc) is 2.61. The Morgan fingerprint density at radius 2 is 2.16 bits per heavy atom. The van der Waals surface area contributed by atoms with Gasteiger partial charge in [-0.2, -0.15) is 0 Å². The summed E-state index contributed by atoms with van der Waals surface area (Å²) < 4.78 is 2.33. The van der Waals surface area contributed by atoms with Crippen LogP contribution in [0.2, 0.25) is 0 Å². The van der Waals surface area contributed by atoms with Crippen LogP contribution >= 0.6 is 11.8 Å². The van der Waals surface area contributed by atoms with E-state index in [4.69, 9.17) is 0 Å². The molecule has 2 rings (SSSR count). The predicted molar refractivity (Wildman–Crippen MR) is 80.6 cm³/mol. The van der Waals surface area contributed by atoms with E-state index in [-0.39, 0.29) is 0 Å². The molecule has 0 aromatic carbocycles. The lowest BCUT2D eigenvalue weighted by Gasteiger charge is -2.08. The maximum atomic E-state index is 4.34. The van der Waals surface area contributed by atoms with Crippen molar-refractivity contribution in [3.8, 4) is 0 Å². The van der Waals surface area contributed by atoms with E-state index in [2.05, 4.69) is 33.9 Å². The highest BCUT2D eigenvalue weighted by Gasteiger charge is 2.14. The van der Waals surface area contributed by atoms with Crippen molar-refractivity contribution in [1.29, 1.82) is 0 Å². The van der Waals surface area contributed by atoms with Gasteiger partial charge in [0, 0.05) is 18.7 Å².